The molecule has 0 bridgehead atoms. The van der Waals surface area contributed by atoms with Gasteiger partial charge in [-0.1, -0.05) is 31.4 Å². The van der Waals surface area contributed by atoms with Crippen LogP contribution in [0.3, 0.4) is 0 Å². The Balaban J connectivity index is 1.67. The first kappa shape index (κ1) is 14.3. The topological polar surface area (TPSA) is 42.0 Å². The first-order valence-electron chi connectivity index (χ1n) is 7.56. The van der Waals surface area contributed by atoms with Crippen LogP contribution in [0.5, 0.6) is 0 Å². The molecular formula is C17H20N2OS. The van der Waals surface area contributed by atoms with Gasteiger partial charge in [-0.25, -0.2) is 4.98 Å². The molecule has 21 heavy (non-hydrogen) atoms. The molecule has 110 valence electrons. The van der Waals surface area contributed by atoms with E-state index in [1.807, 2.05) is 36.6 Å². The number of nitrogens with one attached hydrogen (secondary N) is 1. The van der Waals surface area contributed by atoms with E-state index in [9.17, 15) is 4.79 Å². The molecule has 0 spiro atoms. The Hall–Kier alpha value is -1.68. The van der Waals surface area contributed by atoms with Crippen molar-refractivity contribution >= 4 is 17.2 Å². The van der Waals surface area contributed by atoms with Crippen LogP contribution in [0.15, 0.2) is 29.6 Å². The van der Waals surface area contributed by atoms with Gasteiger partial charge in [0, 0.05) is 22.5 Å². The Morgan fingerprint density at radius 1 is 1.19 bits per heavy atom. The van der Waals surface area contributed by atoms with Crippen LogP contribution >= 0.6 is 11.3 Å². The van der Waals surface area contributed by atoms with E-state index in [4.69, 9.17) is 0 Å². The summed E-state index contributed by atoms with van der Waals surface area (Å²) in [5, 5.41) is 6.25. The van der Waals surface area contributed by atoms with Crippen molar-refractivity contribution in [2.75, 3.05) is 0 Å². The molecule has 1 fully saturated rings. The van der Waals surface area contributed by atoms with E-state index in [2.05, 4.69) is 10.3 Å². The predicted molar refractivity (Wildman–Crippen MR) is 86.6 cm³/mol. The standard InChI is InChI=1S/C17H20N2OS/c1-12-18-16(11-21-12)13-7-9-14(10-8-13)17(20)19-15-5-3-2-4-6-15/h7-11,15H,2-6H2,1H3,(H,19,20). The lowest BCUT2D eigenvalue weighted by atomic mass is 9.95. The van der Waals surface area contributed by atoms with Gasteiger partial charge in [-0.15, -0.1) is 11.3 Å². The van der Waals surface area contributed by atoms with Crippen LogP contribution in [0.25, 0.3) is 11.3 Å². The molecule has 1 aromatic carbocycles. The summed E-state index contributed by atoms with van der Waals surface area (Å²) in [6, 6.07) is 8.09. The molecule has 0 saturated heterocycles. The SMILES string of the molecule is Cc1nc(-c2ccc(C(=O)NC3CCCCC3)cc2)cs1. The monoisotopic (exact) mass is 300 g/mol. The molecule has 1 aliphatic carbocycles. The molecule has 1 amide bonds. The molecule has 1 saturated carbocycles. The molecule has 1 aromatic heterocycles. The Morgan fingerprint density at radius 2 is 1.90 bits per heavy atom. The lowest BCUT2D eigenvalue weighted by Crippen LogP contribution is -2.36. The summed E-state index contributed by atoms with van der Waals surface area (Å²) in [4.78, 5) is 16.7. The molecular weight excluding hydrogens is 280 g/mol. The molecule has 0 radical (unpaired) electrons. The van der Waals surface area contributed by atoms with E-state index >= 15 is 0 Å². The minimum Gasteiger partial charge on any atom is -0.349 e. The maximum Gasteiger partial charge on any atom is 0.251 e. The summed E-state index contributed by atoms with van der Waals surface area (Å²) in [6.07, 6.45) is 5.98. The Kier molecular flexibility index (Phi) is 4.34. The highest BCUT2D eigenvalue weighted by molar-refractivity contribution is 7.09. The summed E-state index contributed by atoms with van der Waals surface area (Å²) in [6.45, 7) is 2.00. The fraction of sp³-hybridized carbons (Fsp3) is 0.412. The van der Waals surface area contributed by atoms with Crippen molar-refractivity contribution in [3.63, 3.8) is 0 Å². The van der Waals surface area contributed by atoms with Gasteiger partial charge in [0.15, 0.2) is 0 Å². The second kappa shape index (κ2) is 6.39. The van der Waals surface area contributed by atoms with Gasteiger partial charge in [-0.2, -0.15) is 0 Å². The number of carbonyl (C=O) groups excluding carboxylic acids is 1. The zero-order chi connectivity index (χ0) is 14.7. The van der Waals surface area contributed by atoms with Crippen molar-refractivity contribution in [1.82, 2.24) is 10.3 Å². The number of carbonyl (C=O) groups is 1. The molecule has 3 nitrogen and oxygen atoms in total. The van der Waals surface area contributed by atoms with Crippen LogP contribution in [0.2, 0.25) is 0 Å². The van der Waals surface area contributed by atoms with Crippen LogP contribution in [-0.2, 0) is 0 Å². The van der Waals surface area contributed by atoms with Crippen LogP contribution in [0, 0.1) is 6.92 Å². The normalized spacial score (nSPS) is 15.9. The number of amides is 1. The Morgan fingerprint density at radius 3 is 2.52 bits per heavy atom. The van der Waals surface area contributed by atoms with Gasteiger partial charge in [-0.3, -0.25) is 4.79 Å². The van der Waals surface area contributed by atoms with Crippen molar-refractivity contribution in [1.29, 1.82) is 0 Å². The average molecular weight is 300 g/mol. The van der Waals surface area contributed by atoms with E-state index < -0.39 is 0 Å². The third-order valence-electron chi connectivity index (χ3n) is 4.00. The lowest BCUT2D eigenvalue weighted by Gasteiger charge is -2.22. The zero-order valence-corrected chi connectivity index (χ0v) is 13.1. The highest BCUT2D eigenvalue weighted by Crippen LogP contribution is 2.22. The summed E-state index contributed by atoms with van der Waals surface area (Å²) < 4.78 is 0. The molecule has 0 atom stereocenters. The van der Waals surface area contributed by atoms with Crippen molar-refractivity contribution in [2.24, 2.45) is 0 Å². The molecule has 1 heterocycles. The number of aromatic nitrogens is 1. The number of nitrogens with zero attached hydrogens (tertiary/aromatic N) is 1. The number of aryl methyl sites for hydroxylation is 1. The van der Waals surface area contributed by atoms with Gasteiger partial charge >= 0.3 is 0 Å². The van der Waals surface area contributed by atoms with Crippen LogP contribution in [0.1, 0.15) is 47.5 Å². The highest BCUT2D eigenvalue weighted by atomic mass is 32.1. The maximum atomic E-state index is 12.2. The summed E-state index contributed by atoms with van der Waals surface area (Å²) in [5.41, 5.74) is 2.78. The third kappa shape index (κ3) is 3.50. The number of benzene rings is 1. The van der Waals surface area contributed by atoms with Crippen LogP contribution in [-0.4, -0.2) is 16.9 Å². The quantitative estimate of drug-likeness (QED) is 0.924. The Bertz CT molecular complexity index is 612. The first-order chi connectivity index (χ1) is 10.2. The molecule has 1 N–H and O–H groups in total. The van der Waals surface area contributed by atoms with E-state index in [1.54, 1.807) is 11.3 Å². The van der Waals surface area contributed by atoms with Crippen molar-refractivity contribution < 1.29 is 4.79 Å². The number of hydrogen-bond acceptors (Lipinski definition) is 3. The maximum absolute atomic E-state index is 12.2. The molecule has 0 aliphatic heterocycles. The highest BCUT2D eigenvalue weighted by Gasteiger charge is 2.16. The molecule has 1 aliphatic rings. The van der Waals surface area contributed by atoms with Crippen LogP contribution < -0.4 is 5.32 Å². The van der Waals surface area contributed by atoms with E-state index in [-0.39, 0.29) is 5.91 Å². The van der Waals surface area contributed by atoms with Gasteiger partial charge in [0.2, 0.25) is 0 Å². The van der Waals surface area contributed by atoms with Gasteiger partial charge < -0.3 is 5.32 Å². The predicted octanol–water partition coefficient (Wildman–Crippen LogP) is 4.18. The Labute approximate surface area is 129 Å². The fourth-order valence-corrected chi connectivity index (χ4v) is 3.43. The molecule has 2 aromatic rings. The van der Waals surface area contributed by atoms with Gasteiger partial charge in [0.25, 0.3) is 5.91 Å². The van der Waals surface area contributed by atoms with Crippen molar-refractivity contribution in [3.05, 3.63) is 40.2 Å². The van der Waals surface area contributed by atoms with Gasteiger partial charge in [-0.05, 0) is 31.9 Å². The minimum absolute atomic E-state index is 0.0444. The number of hydrogen-bond donors (Lipinski definition) is 1. The lowest BCUT2D eigenvalue weighted by molar-refractivity contribution is 0.0928. The summed E-state index contributed by atoms with van der Waals surface area (Å²) in [5.74, 6) is 0.0444. The molecule has 0 unspecified atom stereocenters. The number of rotatable bonds is 3. The zero-order valence-electron chi connectivity index (χ0n) is 12.3. The first-order valence-corrected chi connectivity index (χ1v) is 8.44. The summed E-state index contributed by atoms with van der Waals surface area (Å²) in [7, 11) is 0. The van der Waals surface area contributed by atoms with Gasteiger partial charge in [0.1, 0.15) is 0 Å². The fourth-order valence-electron chi connectivity index (χ4n) is 2.80. The van der Waals surface area contributed by atoms with Crippen molar-refractivity contribution in [3.8, 4) is 11.3 Å². The van der Waals surface area contributed by atoms with E-state index in [0.717, 1.165) is 34.7 Å². The van der Waals surface area contributed by atoms with Gasteiger partial charge in [0.05, 0.1) is 10.7 Å². The smallest absolute Gasteiger partial charge is 0.251 e. The second-order valence-corrected chi connectivity index (χ2v) is 6.70. The summed E-state index contributed by atoms with van der Waals surface area (Å²) >= 11 is 1.64. The molecule has 4 heteroatoms. The molecule has 3 rings (SSSR count). The van der Waals surface area contributed by atoms with E-state index in [1.165, 1.54) is 19.3 Å². The largest absolute Gasteiger partial charge is 0.349 e. The third-order valence-corrected chi connectivity index (χ3v) is 4.78. The number of thiazole rings is 1. The van der Waals surface area contributed by atoms with Crippen molar-refractivity contribution in [2.45, 2.75) is 45.1 Å². The average Bonchev–Trinajstić information content (AvgIpc) is 2.95. The van der Waals surface area contributed by atoms with E-state index in [0.29, 0.717) is 6.04 Å². The van der Waals surface area contributed by atoms with Crippen LogP contribution in [0.4, 0.5) is 0 Å². The second-order valence-electron chi connectivity index (χ2n) is 5.64. The minimum atomic E-state index is 0.0444.